The summed E-state index contributed by atoms with van der Waals surface area (Å²) in [6, 6.07) is 4.72. The summed E-state index contributed by atoms with van der Waals surface area (Å²) in [4.78, 5) is 11.5. The van der Waals surface area contributed by atoms with E-state index in [0.29, 0.717) is 5.56 Å². The molecule has 0 heterocycles. The van der Waals surface area contributed by atoms with E-state index in [-0.39, 0.29) is 18.4 Å². The third-order valence-corrected chi connectivity index (χ3v) is 2.67. The molecule has 1 aromatic rings. The number of rotatable bonds is 4. The van der Waals surface area contributed by atoms with Crippen molar-refractivity contribution in [3.63, 3.8) is 0 Å². The smallest absolute Gasteiger partial charge is 0.353 e. The predicted molar refractivity (Wildman–Crippen MR) is 63.0 cm³/mol. The summed E-state index contributed by atoms with van der Waals surface area (Å²) in [7, 11) is 0. The molecule has 1 rings (SSSR count). The first-order valence-electron chi connectivity index (χ1n) is 5.78. The molecular weight excluding hydrogens is 243 g/mol. The van der Waals surface area contributed by atoms with Crippen molar-refractivity contribution in [3.8, 4) is 0 Å². The molecule has 5 heteroatoms. The molecule has 0 radical (unpaired) electrons. The molecule has 0 aliphatic rings. The first-order chi connectivity index (χ1) is 8.32. The van der Waals surface area contributed by atoms with Crippen LogP contribution in [-0.2, 0) is 17.4 Å². The fourth-order valence-corrected chi connectivity index (χ4v) is 1.42. The second-order valence-electron chi connectivity index (χ2n) is 4.25. The van der Waals surface area contributed by atoms with Crippen LogP contribution in [0.25, 0.3) is 0 Å². The van der Waals surface area contributed by atoms with Crippen molar-refractivity contribution >= 4 is 5.91 Å². The van der Waals surface area contributed by atoms with Gasteiger partial charge < -0.3 is 5.32 Å². The van der Waals surface area contributed by atoms with Crippen molar-refractivity contribution in [1.29, 1.82) is 0 Å². The molecule has 1 N–H and O–H groups in total. The SMILES string of the molecule is CCC(C)NC(=O)Cc1ccc(C(F)(F)F)cc1. The van der Waals surface area contributed by atoms with Gasteiger partial charge in [0.25, 0.3) is 0 Å². The highest BCUT2D eigenvalue weighted by Crippen LogP contribution is 2.29. The van der Waals surface area contributed by atoms with E-state index in [4.69, 9.17) is 0 Å². The Kier molecular flexibility index (Phi) is 4.76. The predicted octanol–water partition coefficient (Wildman–Crippen LogP) is 3.16. The van der Waals surface area contributed by atoms with Crippen LogP contribution in [-0.4, -0.2) is 11.9 Å². The molecule has 0 aliphatic heterocycles. The molecule has 100 valence electrons. The lowest BCUT2D eigenvalue weighted by Crippen LogP contribution is -2.33. The third-order valence-electron chi connectivity index (χ3n) is 2.67. The summed E-state index contributed by atoms with van der Waals surface area (Å²) in [6.07, 6.45) is -3.42. The topological polar surface area (TPSA) is 29.1 Å². The van der Waals surface area contributed by atoms with E-state index in [1.165, 1.54) is 12.1 Å². The molecule has 0 saturated heterocycles. The second kappa shape index (κ2) is 5.89. The number of hydrogen-bond donors (Lipinski definition) is 1. The van der Waals surface area contributed by atoms with Crippen molar-refractivity contribution < 1.29 is 18.0 Å². The second-order valence-corrected chi connectivity index (χ2v) is 4.25. The van der Waals surface area contributed by atoms with Crippen LogP contribution in [0.15, 0.2) is 24.3 Å². The number of alkyl halides is 3. The van der Waals surface area contributed by atoms with Crippen molar-refractivity contribution in [2.24, 2.45) is 0 Å². The molecule has 1 aromatic carbocycles. The molecule has 0 aromatic heterocycles. The van der Waals surface area contributed by atoms with Gasteiger partial charge in [0.05, 0.1) is 12.0 Å². The lowest BCUT2D eigenvalue weighted by molar-refractivity contribution is -0.137. The fraction of sp³-hybridized carbons (Fsp3) is 0.462. The van der Waals surface area contributed by atoms with Gasteiger partial charge in [0.2, 0.25) is 5.91 Å². The van der Waals surface area contributed by atoms with Crippen LogP contribution in [0.5, 0.6) is 0 Å². The van der Waals surface area contributed by atoms with E-state index in [1.54, 1.807) is 0 Å². The fourth-order valence-electron chi connectivity index (χ4n) is 1.42. The van der Waals surface area contributed by atoms with E-state index >= 15 is 0 Å². The quantitative estimate of drug-likeness (QED) is 0.884. The average molecular weight is 259 g/mol. The minimum Gasteiger partial charge on any atom is -0.353 e. The van der Waals surface area contributed by atoms with Crippen LogP contribution in [0.4, 0.5) is 13.2 Å². The summed E-state index contributed by atoms with van der Waals surface area (Å²) in [5.41, 5.74) is -0.127. The van der Waals surface area contributed by atoms with Gasteiger partial charge in [-0.2, -0.15) is 13.2 Å². The Hall–Kier alpha value is -1.52. The largest absolute Gasteiger partial charge is 0.416 e. The maximum Gasteiger partial charge on any atom is 0.416 e. The van der Waals surface area contributed by atoms with Crippen LogP contribution in [0.1, 0.15) is 31.4 Å². The number of carbonyl (C=O) groups is 1. The summed E-state index contributed by atoms with van der Waals surface area (Å²) in [6.45, 7) is 3.83. The maximum absolute atomic E-state index is 12.3. The van der Waals surface area contributed by atoms with Gasteiger partial charge in [0, 0.05) is 6.04 Å². The summed E-state index contributed by atoms with van der Waals surface area (Å²) >= 11 is 0. The Labute approximate surface area is 104 Å². The molecule has 0 bridgehead atoms. The zero-order valence-electron chi connectivity index (χ0n) is 10.3. The van der Waals surface area contributed by atoms with Crippen LogP contribution in [0, 0.1) is 0 Å². The number of amides is 1. The standard InChI is InChI=1S/C13H16F3NO/c1-3-9(2)17-12(18)8-10-4-6-11(7-5-10)13(14,15)16/h4-7,9H,3,8H2,1-2H3,(H,17,18). The highest BCUT2D eigenvalue weighted by molar-refractivity contribution is 5.78. The highest BCUT2D eigenvalue weighted by atomic mass is 19.4. The van der Waals surface area contributed by atoms with E-state index in [0.717, 1.165) is 18.6 Å². The lowest BCUT2D eigenvalue weighted by Gasteiger charge is -2.11. The molecular formula is C13H16F3NO. The molecule has 18 heavy (non-hydrogen) atoms. The van der Waals surface area contributed by atoms with Gasteiger partial charge in [-0.25, -0.2) is 0 Å². The van der Waals surface area contributed by atoms with E-state index < -0.39 is 11.7 Å². The van der Waals surface area contributed by atoms with Gasteiger partial charge in [-0.15, -0.1) is 0 Å². The monoisotopic (exact) mass is 259 g/mol. The van der Waals surface area contributed by atoms with E-state index in [1.807, 2.05) is 13.8 Å². The Bertz CT molecular complexity index is 398. The van der Waals surface area contributed by atoms with Crippen molar-refractivity contribution in [1.82, 2.24) is 5.32 Å². The highest BCUT2D eigenvalue weighted by Gasteiger charge is 2.29. The zero-order chi connectivity index (χ0) is 13.8. The van der Waals surface area contributed by atoms with Crippen molar-refractivity contribution in [2.75, 3.05) is 0 Å². The normalized spacial score (nSPS) is 13.2. The summed E-state index contributed by atoms with van der Waals surface area (Å²) < 4.78 is 37.0. The minimum atomic E-state index is -4.34. The van der Waals surface area contributed by atoms with Crippen LogP contribution in [0.3, 0.4) is 0 Å². The number of hydrogen-bond acceptors (Lipinski definition) is 1. The minimum absolute atomic E-state index is 0.0759. The summed E-state index contributed by atoms with van der Waals surface area (Å²) in [5.74, 6) is -0.177. The number of nitrogens with one attached hydrogen (secondary N) is 1. The van der Waals surface area contributed by atoms with Gasteiger partial charge in [0.1, 0.15) is 0 Å². The molecule has 0 saturated carbocycles. The Morgan fingerprint density at radius 3 is 2.28 bits per heavy atom. The van der Waals surface area contributed by atoms with Crippen LogP contribution < -0.4 is 5.32 Å². The van der Waals surface area contributed by atoms with Crippen molar-refractivity contribution in [3.05, 3.63) is 35.4 Å². The average Bonchev–Trinajstić information content (AvgIpc) is 2.28. The first-order valence-corrected chi connectivity index (χ1v) is 5.78. The number of carbonyl (C=O) groups excluding carboxylic acids is 1. The number of benzene rings is 1. The molecule has 0 spiro atoms. The Morgan fingerprint density at radius 1 is 1.28 bits per heavy atom. The summed E-state index contributed by atoms with van der Waals surface area (Å²) in [5, 5.41) is 2.76. The molecule has 0 aliphatic carbocycles. The van der Waals surface area contributed by atoms with Crippen LogP contribution >= 0.6 is 0 Å². The third kappa shape index (κ3) is 4.39. The lowest BCUT2D eigenvalue weighted by atomic mass is 10.1. The van der Waals surface area contributed by atoms with Gasteiger partial charge in [-0.1, -0.05) is 19.1 Å². The van der Waals surface area contributed by atoms with Gasteiger partial charge in [-0.05, 0) is 31.0 Å². The van der Waals surface area contributed by atoms with E-state index in [9.17, 15) is 18.0 Å². The first kappa shape index (κ1) is 14.5. The maximum atomic E-state index is 12.3. The number of halogens is 3. The van der Waals surface area contributed by atoms with Crippen molar-refractivity contribution in [2.45, 2.75) is 38.9 Å². The van der Waals surface area contributed by atoms with Gasteiger partial charge in [0.15, 0.2) is 0 Å². The van der Waals surface area contributed by atoms with Gasteiger partial charge in [-0.3, -0.25) is 4.79 Å². The Morgan fingerprint density at radius 2 is 1.83 bits per heavy atom. The molecule has 1 amide bonds. The molecule has 0 fully saturated rings. The molecule has 1 atom stereocenters. The van der Waals surface area contributed by atoms with Gasteiger partial charge >= 0.3 is 6.18 Å². The molecule has 2 nitrogen and oxygen atoms in total. The Balaban J connectivity index is 2.61. The van der Waals surface area contributed by atoms with E-state index in [2.05, 4.69) is 5.32 Å². The molecule has 1 unspecified atom stereocenters. The zero-order valence-corrected chi connectivity index (χ0v) is 10.3. The van der Waals surface area contributed by atoms with Crippen LogP contribution in [0.2, 0.25) is 0 Å².